The summed E-state index contributed by atoms with van der Waals surface area (Å²) in [5.41, 5.74) is 6.35. The van der Waals surface area contributed by atoms with Crippen molar-refractivity contribution < 1.29 is 8.42 Å². The number of primary sulfonamides is 1. The monoisotopic (exact) mass is 278 g/mol. The van der Waals surface area contributed by atoms with Gasteiger partial charge in [-0.2, -0.15) is 0 Å². The number of benzene rings is 1. The second-order valence-electron chi connectivity index (χ2n) is 2.91. The van der Waals surface area contributed by atoms with E-state index in [4.69, 9.17) is 10.9 Å². The average Bonchev–Trinajstić information content (AvgIpc) is 2.01. The van der Waals surface area contributed by atoms with Gasteiger partial charge in [-0.15, -0.1) is 0 Å². The maximum absolute atomic E-state index is 11.0. The molecule has 1 rings (SSSR count). The van der Waals surface area contributed by atoms with Crippen molar-refractivity contribution in [3.63, 3.8) is 0 Å². The summed E-state index contributed by atoms with van der Waals surface area (Å²) in [5.74, 6) is 0. The molecule has 0 saturated heterocycles. The molecule has 0 aliphatic heterocycles. The molecule has 1 aromatic carbocycles. The Morgan fingerprint density at radius 1 is 1.43 bits per heavy atom. The fourth-order valence-corrected chi connectivity index (χ4v) is 2.03. The van der Waals surface area contributed by atoms with Crippen LogP contribution in [0.1, 0.15) is 5.56 Å². The number of sulfonamides is 1. The van der Waals surface area contributed by atoms with Gasteiger partial charge in [-0.05, 0) is 24.1 Å². The Labute approximate surface area is 91.5 Å². The van der Waals surface area contributed by atoms with Crippen LogP contribution in [-0.4, -0.2) is 13.4 Å². The Hall–Kier alpha value is -0.430. The van der Waals surface area contributed by atoms with Gasteiger partial charge in [-0.25, -0.2) is 13.6 Å². The van der Waals surface area contributed by atoms with E-state index in [0.717, 1.165) is 5.56 Å². The summed E-state index contributed by atoms with van der Waals surface area (Å²) in [7, 11) is -3.62. The van der Waals surface area contributed by atoms with Gasteiger partial charge in [-0.3, -0.25) is 0 Å². The first kappa shape index (κ1) is 11.6. The lowest BCUT2D eigenvalue weighted by Crippen LogP contribution is -2.15. The minimum atomic E-state index is -3.62. The third-order valence-corrected chi connectivity index (χ3v) is 2.89. The first-order valence-corrected chi connectivity index (χ1v) is 6.37. The molecule has 0 amide bonds. The van der Waals surface area contributed by atoms with Gasteiger partial charge in [0.05, 0.1) is 9.85 Å². The van der Waals surface area contributed by atoms with Crippen LogP contribution in [0.4, 0.5) is 0 Å². The molecule has 14 heavy (non-hydrogen) atoms. The summed E-state index contributed by atoms with van der Waals surface area (Å²) in [6.07, 6.45) is 0.559. The van der Waals surface area contributed by atoms with Gasteiger partial charge < -0.3 is 5.73 Å². The molecule has 78 valence electrons. The zero-order chi connectivity index (χ0) is 10.8. The maximum atomic E-state index is 11.0. The maximum Gasteiger partial charge on any atom is 0.238 e. The number of hydrogen-bond acceptors (Lipinski definition) is 3. The Morgan fingerprint density at radius 2 is 2.07 bits per heavy atom. The van der Waals surface area contributed by atoms with E-state index < -0.39 is 10.0 Å². The molecule has 1 unspecified atom stereocenters. The van der Waals surface area contributed by atoms with Crippen molar-refractivity contribution in [1.82, 2.24) is 0 Å². The second-order valence-corrected chi connectivity index (χ2v) is 5.65. The first-order valence-electron chi connectivity index (χ1n) is 3.91. The lowest BCUT2D eigenvalue weighted by atomic mass is 10.1. The van der Waals surface area contributed by atoms with E-state index in [0.29, 0.717) is 6.42 Å². The minimum Gasteiger partial charge on any atom is -0.319 e. The molecule has 1 aromatic rings. The standard InChI is InChI=1S/C8H11BrN2O2S/c9-8(10)5-6-2-1-3-7(4-6)14(11,12)13/h1-4,8H,5,10H2,(H2,11,12,13). The highest BCUT2D eigenvalue weighted by Gasteiger charge is 2.08. The van der Waals surface area contributed by atoms with Crippen LogP contribution in [-0.2, 0) is 16.4 Å². The Balaban J connectivity index is 3.02. The van der Waals surface area contributed by atoms with Crippen LogP contribution in [0, 0.1) is 0 Å². The summed E-state index contributed by atoms with van der Waals surface area (Å²) >= 11 is 3.18. The average molecular weight is 279 g/mol. The van der Waals surface area contributed by atoms with Gasteiger partial charge >= 0.3 is 0 Å². The van der Waals surface area contributed by atoms with E-state index in [1.54, 1.807) is 12.1 Å². The van der Waals surface area contributed by atoms with Gasteiger partial charge in [-0.1, -0.05) is 28.1 Å². The summed E-state index contributed by atoms with van der Waals surface area (Å²) < 4.78 is 22.0. The number of alkyl halides is 1. The molecule has 1 atom stereocenters. The van der Waals surface area contributed by atoms with Crippen molar-refractivity contribution in [2.75, 3.05) is 0 Å². The summed E-state index contributed by atoms with van der Waals surface area (Å²) in [5, 5.41) is 4.99. The highest BCUT2D eigenvalue weighted by atomic mass is 79.9. The second kappa shape index (κ2) is 4.39. The van der Waals surface area contributed by atoms with Crippen molar-refractivity contribution in [2.45, 2.75) is 16.3 Å². The van der Waals surface area contributed by atoms with Crippen molar-refractivity contribution >= 4 is 26.0 Å². The molecule has 0 aliphatic carbocycles. The van der Waals surface area contributed by atoms with E-state index in [2.05, 4.69) is 15.9 Å². The molecular formula is C8H11BrN2O2S. The third kappa shape index (κ3) is 3.38. The molecule has 0 radical (unpaired) electrons. The van der Waals surface area contributed by atoms with Crippen LogP contribution in [0.5, 0.6) is 0 Å². The fourth-order valence-electron chi connectivity index (χ4n) is 1.07. The predicted molar refractivity (Wildman–Crippen MR) is 58.4 cm³/mol. The van der Waals surface area contributed by atoms with Gasteiger partial charge in [0.15, 0.2) is 0 Å². The van der Waals surface area contributed by atoms with Crippen LogP contribution >= 0.6 is 15.9 Å². The minimum absolute atomic E-state index is 0.114. The number of hydrogen-bond donors (Lipinski definition) is 2. The Bertz CT molecular complexity index is 417. The van der Waals surface area contributed by atoms with Crippen molar-refractivity contribution in [1.29, 1.82) is 0 Å². The SMILES string of the molecule is NC(Br)Cc1cccc(S(N)(=O)=O)c1. The predicted octanol–water partition coefficient (Wildman–Crippen LogP) is 0.556. The van der Waals surface area contributed by atoms with Crippen molar-refractivity contribution in [3.8, 4) is 0 Å². The highest BCUT2D eigenvalue weighted by Crippen LogP contribution is 2.12. The van der Waals surface area contributed by atoms with Gasteiger partial charge in [0.1, 0.15) is 0 Å². The normalized spacial score (nSPS) is 13.9. The molecule has 0 saturated carbocycles. The zero-order valence-corrected chi connectivity index (χ0v) is 9.75. The largest absolute Gasteiger partial charge is 0.319 e. The van der Waals surface area contributed by atoms with Crippen LogP contribution < -0.4 is 10.9 Å². The Kier molecular flexibility index (Phi) is 3.65. The van der Waals surface area contributed by atoms with Crippen LogP contribution in [0.2, 0.25) is 0 Å². The zero-order valence-electron chi connectivity index (χ0n) is 7.35. The molecule has 4 nitrogen and oxygen atoms in total. The number of nitrogens with two attached hydrogens (primary N) is 2. The van der Waals surface area contributed by atoms with Crippen LogP contribution in [0.25, 0.3) is 0 Å². The molecule has 0 heterocycles. The molecule has 0 bridgehead atoms. The molecule has 4 N–H and O–H groups in total. The molecule has 0 aromatic heterocycles. The van der Waals surface area contributed by atoms with Gasteiger partial charge in [0.2, 0.25) is 10.0 Å². The molecule has 0 fully saturated rings. The van der Waals surface area contributed by atoms with Crippen molar-refractivity contribution in [3.05, 3.63) is 29.8 Å². The molecule has 0 aliphatic rings. The summed E-state index contributed by atoms with van der Waals surface area (Å²) in [6, 6.07) is 6.43. The van der Waals surface area contributed by atoms with Gasteiger partial charge in [0, 0.05) is 0 Å². The summed E-state index contributed by atoms with van der Waals surface area (Å²) in [4.78, 5) is -0.0682. The molecule has 0 spiro atoms. The van der Waals surface area contributed by atoms with Gasteiger partial charge in [0.25, 0.3) is 0 Å². The quantitative estimate of drug-likeness (QED) is 0.626. The smallest absolute Gasteiger partial charge is 0.238 e. The van der Waals surface area contributed by atoms with E-state index in [1.807, 2.05) is 0 Å². The van der Waals surface area contributed by atoms with Crippen LogP contribution in [0.15, 0.2) is 29.2 Å². The highest BCUT2D eigenvalue weighted by molar-refractivity contribution is 9.09. The van der Waals surface area contributed by atoms with E-state index in [9.17, 15) is 8.42 Å². The van der Waals surface area contributed by atoms with E-state index >= 15 is 0 Å². The molecular weight excluding hydrogens is 268 g/mol. The third-order valence-electron chi connectivity index (χ3n) is 1.66. The van der Waals surface area contributed by atoms with E-state index in [1.165, 1.54) is 12.1 Å². The summed E-state index contributed by atoms with van der Waals surface area (Å²) in [6.45, 7) is 0. The number of rotatable bonds is 3. The van der Waals surface area contributed by atoms with Crippen molar-refractivity contribution in [2.24, 2.45) is 10.9 Å². The lowest BCUT2D eigenvalue weighted by molar-refractivity contribution is 0.597. The fraction of sp³-hybridized carbons (Fsp3) is 0.250. The van der Waals surface area contributed by atoms with Crippen LogP contribution in [0.3, 0.4) is 0 Å². The molecule has 6 heteroatoms. The van der Waals surface area contributed by atoms with E-state index in [-0.39, 0.29) is 9.85 Å². The number of halogens is 1. The first-order chi connectivity index (χ1) is 6.39. The lowest BCUT2D eigenvalue weighted by Gasteiger charge is -2.05. The topological polar surface area (TPSA) is 86.2 Å². The Morgan fingerprint density at radius 3 is 2.57 bits per heavy atom.